The SMILES string of the molecule is C=CCC(N)c1nc(C2(c3ccccc3)CCCC2)no1. The Hall–Kier alpha value is -1.94. The van der Waals surface area contributed by atoms with Crippen LogP contribution in [-0.4, -0.2) is 10.1 Å². The number of aromatic nitrogens is 2. The van der Waals surface area contributed by atoms with Gasteiger partial charge in [0.05, 0.1) is 11.5 Å². The highest BCUT2D eigenvalue weighted by molar-refractivity contribution is 5.33. The third kappa shape index (κ3) is 2.51. The summed E-state index contributed by atoms with van der Waals surface area (Å²) in [4.78, 5) is 4.61. The minimum Gasteiger partial charge on any atom is -0.338 e. The maximum absolute atomic E-state index is 6.03. The second kappa shape index (κ2) is 5.82. The number of nitrogens with zero attached hydrogens (tertiary/aromatic N) is 2. The van der Waals surface area contributed by atoms with Crippen molar-refractivity contribution in [3.63, 3.8) is 0 Å². The van der Waals surface area contributed by atoms with Crippen LogP contribution in [0, 0.1) is 0 Å². The lowest BCUT2D eigenvalue weighted by Crippen LogP contribution is -2.25. The second-order valence-corrected chi connectivity index (χ2v) is 5.74. The van der Waals surface area contributed by atoms with Gasteiger partial charge >= 0.3 is 0 Å². The molecule has 2 N–H and O–H groups in total. The van der Waals surface area contributed by atoms with Crippen LogP contribution in [0.15, 0.2) is 47.5 Å². The fraction of sp³-hybridized carbons (Fsp3) is 0.412. The van der Waals surface area contributed by atoms with E-state index >= 15 is 0 Å². The van der Waals surface area contributed by atoms with Crippen molar-refractivity contribution in [2.24, 2.45) is 5.73 Å². The van der Waals surface area contributed by atoms with E-state index in [1.807, 2.05) is 6.07 Å². The maximum atomic E-state index is 6.03. The third-order valence-electron chi connectivity index (χ3n) is 4.39. The van der Waals surface area contributed by atoms with Crippen LogP contribution in [0.3, 0.4) is 0 Å². The summed E-state index contributed by atoms with van der Waals surface area (Å²) in [5.41, 5.74) is 7.19. The average molecular weight is 283 g/mol. The zero-order valence-electron chi connectivity index (χ0n) is 12.2. The summed E-state index contributed by atoms with van der Waals surface area (Å²) >= 11 is 0. The fourth-order valence-electron chi connectivity index (χ4n) is 3.24. The summed E-state index contributed by atoms with van der Waals surface area (Å²) in [6.07, 6.45) is 6.92. The molecule has 1 fully saturated rings. The van der Waals surface area contributed by atoms with Gasteiger partial charge in [0.25, 0.3) is 0 Å². The van der Waals surface area contributed by atoms with Gasteiger partial charge in [0.2, 0.25) is 5.89 Å². The third-order valence-corrected chi connectivity index (χ3v) is 4.39. The molecule has 0 bridgehead atoms. The first kappa shape index (κ1) is 14.0. The van der Waals surface area contributed by atoms with Crippen molar-refractivity contribution in [1.29, 1.82) is 0 Å². The molecule has 0 amide bonds. The molecule has 0 aliphatic heterocycles. The van der Waals surface area contributed by atoms with Crippen molar-refractivity contribution in [2.45, 2.75) is 43.6 Å². The number of rotatable bonds is 5. The van der Waals surface area contributed by atoms with E-state index in [1.54, 1.807) is 6.08 Å². The van der Waals surface area contributed by atoms with Gasteiger partial charge in [-0.25, -0.2) is 0 Å². The molecule has 2 aromatic rings. The van der Waals surface area contributed by atoms with E-state index in [9.17, 15) is 0 Å². The van der Waals surface area contributed by atoms with Crippen molar-refractivity contribution >= 4 is 0 Å². The van der Waals surface area contributed by atoms with Crippen molar-refractivity contribution in [3.05, 3.63) is 60.3 Å². The molecule has 1 aliphatic rings. The van der Waals surface area contributed by atoms with E-state index in [2.05, 4.69) is 41.0 Å². The zero-order chi connectivity index (χ0) is 14.7. The number of hydrogen-bond acceptors (Lipinski definition) is 4. The van der Waals surface area contributed by atoms with Crippen molar-refractivity contribution < 1.29 is 4.52 Å². The van der Waals surface area contributed by atoms with Crippen molar-refractivity contribution in [1.82, 2.24) is 10.1 Å². The lowest BCUT2D eigenvalue weighted by molar-refractivity contribution is 0.342. The van der Waals surface area contributed by atoms with Crippen LogP contribution in [0.5, 0.6) is 0 Å². The lowest BCUT2D eigenvalue weighted by atomic mass is 9.78. The predicted octanol–water partition coefficient (Wildman–Crippen LogP) is 3.51. The van der Waals surface area contributed by atoms with Crippen molar-refractivity contribution in [2.75, 3.05) is 0 Å². The molecule has 4 nitrogen and oxygen atoms in total. The van der Waals surface area contributed by atoms with Crippen molar-refractivity contribution in [3.8, 4) is 0 Å². The Balaban J connectivity index is 1.97. The molecule has 0 saturated heterocycles. The van der Waals surface area contributed by atoms with Gasteiger partial charge in [0, 0.05) is 0 Å². The van der Waals surface area contributed by atoms with E-state index < -0.39 is 0 Å². The summed E-state index contributed by atoms with van der Waals surface area (Å²) in [5.74, 6) is 1.29. The van der Waals surface area contributed by atoms with Crippen LogP contribution in [0.2, 0.25) is 0 Å². The first-order chi connectivity index (χ1) is 10.3. The second-order valence-electron chi connectivity index (χ2n) is 5.74. The molecule has 1 aromatic heterocycles. The van der Waals surface area contributed by atoms with E-state index in [0.717, 1.165) is 18.7 Å². The standard InChI is InChI=1S/C17H21N3O/c1-2-8-14(18)15-19-16(20-21-15)17(11-6-7-12-17)13-9-4-3-5-10-13/h2-5,9-10,14H,1,6-8,11-12,18H2. The Labute approximate surface area is 125 Å². The summed E-state index contributed by atoms with van der Waals surface area (Å²) in [7, 11) is 0. The Morgan fingerprint density at radius 3 is 2.67 bits per heavy atom. The molecule has 0 spiro atoms. The van der Waals surface area contributed by atoms with E-state index in [-0.39, 0.29) is 11.5 Å². The highest BCUT2D eigenvalue weighted by Gasteiger charge is 2.41. The normalized spacial score (nSPS) is 18.5. The van der Waals surface area contributed by atoms with E-state index in [1.165, 1.54) is 18.4 Å². The van der Waals surface area contributed by atoms with Gasteiger partial charge in [-0.2, -0.15) is 4.98 Å². The van der Waals surface area contributed by atoms with E-state index in [4.69, 9.17) is 10.3 Å². The maximum Gasteiger partial charge on any atom is 0.243 e. The molecule has 110 valence electrons. The van der Waals surface area contributed by atoms with Gasteiger partial charge in [-0.3, -0.25) is 0 Å². The van der Waals surface area contributed by atoms with E-state index in [0.29, 0.717) is 12.3 Å². The lowest BCUT2D eigenvalue weighted by Gasteiger charge is -2.25. The molecule has 1 heterocycles. The molecule has 1 saturated carbocycles. The minimum atomic E-state index is -0.266. The van der Waals surface area contributed by atoms with Gasteiger partial charge in [0.15, 0.2) is 5.82 Å². The smallest absolute Gasteiger partial charge is 0.243 e. The Bertz CT molecular complexity index is 600. The average Bonchev–Trinajstić information content (AvgIpc) is 3.18. The van der Waals surface area contributed by atoms with Gasteiger partial charge in [-0.1, -0.05) is 54.4 Å². The molecular weight excluding hydrogens is 262 g/mol. The summed E-state index contributed by atoms with van der Waals surface area (Å²) in [6.45, 7) is 3.70. The Morgan fingerprint density at radius 2 is 2.00 bits per heavy atom. The topological polar surface area (TPSA) is 64.9 Å². The Morgan fingerprint density at radius 1 is 1.29 bits per heavy atom. The fourth-order valence-corrected chi connectivity index (χ4v) is 3.24. The molecule has 4 heteroatoms. The summed E-state index contributed by atoms with van der Waals surface area (Å²) in [5, 5.41) is 4.25. The van der Waals surface area contributed by atoms with Gasteiger partial charge in [-0.05, 0) is 24.8 Å². The monoisotopic (exact) mass is 283 g/mol. The highest BCUT2D eigenvalue weighted by atomic mass is 16.5. The Kier molecular flexibility index (Phi) is 3.88. The first-order valence-corrected chi connectivity index (χ1v) is 7.52. The molecule has 21 heavy (non-hydrogen) atoms. The van der Waals surface area contributed by atoms with Crippen LogP contribution in [0.4, 0.5) is 0 Å². The van der Waals surface area contributed by atoms with Crippen LogP contribution >= 0.6 is 0 Å². The highest BCUT2D eigenvalue weighted by Crippen LogP contribution is 2.45. The van der Waals surface area contributed by atoms with Gasteiger partial charge in [0.1, 0.15) is 0 Å². The summed E-state index contributed by atoms with van der Waals surface area (Å²) < 4.78 is 5.40. The molecule has 0 radical (unpaired) electrons. The van der Waals surface area contributed by atoms with Crippen LogP contribution in [0.25, 0.3) is 0 Å². The molecular formula is C17H21N3O. The van der Waals surface area contributed by atoms with Crippen LogP contribution in [0.1, 0.15) is 55.4 Å². The largest absolute Gasteiger partial charge is 0.338 e. The number of hydrogen-bond donors (Lipinski definition) is 1. The molecule has 1 unspecified atom stereocenters. The quantitative estimate of drug-likeness (QED) is 0.853. The number of benzene rings is 1. The van der Waals surface area contributed by atoms with Gasteiger partial charge < -0.3 is 10.3 Å². The predicted molar refractivity (Wildman–Crippen MR) is 81.7 cm³/mol. The zero-order valence-corrected chi connectivity index (χ0v) is 12.2. The molecule has 1 atom stereocenters. The summed E-state index contributed by atoms with van der Waals surface area (Å²) in [6, 6.07) is 10.2. The van der Waals surface area contributed by atoms with Gasteiger partial charge in [-0.15, -0.1) is 6.58 Å². The number of nitrogens with two attached hydrogens (primary N) is 1. The first-order valence-electron chi connectivity index (χ1n) is 7.52. The molecule has 1 aromatic carbocycles. The minimum absolute atomic E-state index is 0.114. The van der Waals surface area contributed by atoms with Crippen LogP contribution < -0.4 is 5.73 Å². The molecule has 3 rings (SSSR count). The van der Waals surface area contributed by atoms with Crippen LogP contribution in [-0.2, 0) is 5.41 Å². The molecule has 1 aliphatic carbocycles.